The summed E-state index contributed by atoms with van der Waals surface area (Å²) >= 11 is 0. The van der Waals surface area contributed by atoms with Crippen molar-refractivity contribution in [2.24, 2.45) is 5.92 Å². The molecule has 0 aliphatic heterocycles. The second-order valence-corrected chi connectivity index (χ2v) is 5.47. The zero-order chi connectivity index (χ0) is 13.7. The number of carbonyl (C=O) groups excluding carboxylic acids is 1. The lowest BCUT2D eigenvalue weighted by atomic mass is 10.0. The molecule has 0 aromatic heterocycles. The Morgan fingerprint density at radius 1 is 1.37 bits per heavy atom. The Balaban J connectivity index is 1.85. The molecule has 2 rings (SSSR count). The van der Waals surface area contributed by atoms with Crippen LogP contribution in [0.3, 0.4) is 0 Å². The van der Waals surface area contributed by atoms with Crippen LogP contribution in [-0.2, 0) is 11.3 Å². The van der Waals surface area contributed by atoms with E-state index in [1.807, 2.05) is 25.2 Å². The van der Waals surface area contributed by atoms with Gasteiger partial charge in [-0.05, 0) is 37.6 Å². The molecule has 0 unspecified atom stereocenters. The van der Waals surface area contributed by atoms with E-state index in [1.54, 1.807) is 7.11 Å². The molecule has 0 bridgehead atoms. The summed E-state index contributed by atoms with van der Waals surface area (Å²) in [6, 6.07) is 8.02. The lowest BCUT2D eigenvalue weighted by molar-refractivity contribution is -0.123. The minimum absolute atomic E-state index is 0.313. The van der Waals surface area contributed by atoms with Gasteiger partial charge in [-0.1, -0.05) is 25.0 Å². The maximum Gasteiger partial charge on any atom is 0.149 e. The van der Waals surface area contributed by atoms with Gasteiger partial charge >= 0.3 is 0 Å². The zero-order valence-electron chi connectivity index (χ0n) is 11.9. The second-order valence-electron chi connectivity index (χ2n) is 5.47. The summed E-state index contributed by atoms with van der Waals surface area (Å²) < 4.78 is 5.21. The summed E-state index contributed by atoms with van der Waals surface area (Å²) in [6.45, 7) is 1.34. The van der Waals surface area contributed by atoms with E-state index in [-0.39, 0.29) is 0 Å². The number of hydrogen-bond acceptors (Lipinski definition) is 3. The number of Topliss-reactive ketones (excluding diaryl/α,β-unsaturated/α-hetero) is 1. The van der Waals surface area contributed by atoms with Gasteiger partial charge in [-0.2, -0.15) is 0 Å². The molecule has 0 amide bonds. The molecule has 0 spiro atoms. The van der Waals surface area contributed by atoms with E-state index in [2.05, 4.69) is 11.0 Å². The largest absolute Gasteiger partial charge is 0.497 e. The van der Waals surface area contributed by atoms with Crippen LogP contribution < -0.4 is 4.74 Å². The van der Waals surface area contributed by atoms with Gasteiger partial charge in [-0.15, -0.1) is 0 Å². The van der Waals surface area contributed by atoms with Crippen LogP contribution in [0, 0.1) is 5.92 Å². The first-order chi connectivity index (χ1) is 9.19. The summed E-state index contributed by atoms with van der Waals surface area (Å²) in [6.07, 6.45) is 4.61. The van der Waals surface area contributed by atoms with Crippen molar-refractivity contribution >= 4 is 5.78 Å². The van der Waals surface area contributed by atoms with Crippen LogP contribution in [0.15, 0.2) is 24.3 Å². The Hall–Kier alpha value is -1.35. The van der Waals surface area contributed by atoms with Gasteiger partial charge in [0.1, 0.15) is 11.5 Å². The van der Waals surface area contributed by atoms with Gasteiger partial charge < -0.3 is 4.74 Å². The van der Waals surface area contributed by atoms with E-state index in [9.17, 15) is 4.79 Å². The molecule has 1 saturated carbocycles. The Bertz CT molecular complexity index is 425. The number of ketones is 1. The number of hydrogen-bond donors (Lipinski definition) is 0. The van der Waals surface area contributed by atoms with Gasteiger partial charge in [0.2, 0.25) is 0 Å². The van der Waals surface area contributed by atoms with Crippen molar-refractivity contribution in [3.05, 3.63) is 29.8 Å². The predicted molar refractivity (Wildman–Crippen MR) is 76.3 cm³/mol. The molecule has 0 radical (unpaired) electrons. The first-order valence-electron chi connectivity index (χ1n) is 7.03. The van der Waals surface area contributed by atoms with Crippen LogP contribution in [-0.4, -0.2) is 31.4 Å². The summed E-state index contributed by atoms with van der Waals surface area (Å²) in [4.78, 5) is 14.2. The standard InChI is InChI=1S/C16H23NO2/c1-17(12-16(18)14-7-3-4-8-14)11-13-6-5-9-15(10-13)19-2/h5-6,9-10,14H,3-4,7-8,11-12H2,1-2H3. The lowest BCUT2D eigenvalue weighted by Crippen LogP contribution is -2.29. The molecule has 0 atom stereocenters. The molecule has 0 heterocycles. The summed E-state index contributed by atoms with van der Waals surface area (Å²) in [5.41, 5.74) is 1.18. The van der Waals surface area contributed by atoms with Gasteiger partial charge in [-0.25, -0.2) is 0 Å². The average Bonchev–Trinajstić information content (AvgIpc) is 2.92. The average molecular weight is 261 g/mol. The van der Waals surface area contributed by atoms with Crippen molar-refractivity contribution in [1.29, 1.82) is 0 Å². The molecule has 1 aliphatic rings. The highest BCUT2D eigenvalue weighted by Crippen LogP contribution is 2.25. The molecule has 0 N–H and O–H groups in total. The first kappa shape index (κ1) is 14.1. The van der Waals surface area contributed by atoms with Gasteiger partial charge in [0.15, 0.2) is 0 Å². The Morgan fingerprint density at radius 3 is 2.79 bits per heavy atom. The van der Waals surface area contributed by atoms with Crippen molar-refractivity contribution in [2.45, 2.75) is 32.2 Å². The number of rotatable bonds is 6. The van der Waals surface area contributed by atoms with E-state index in [4.69, 9.17) is 4.74 Å². The van der Waals surface area contributed by atoms with Crippen LogP contribution >= 0.6 is 0 Å². The highest BCUT2D eigenvalue weighted by molar-refractivity contribution is 5.83. The third kappa shape index (κ3) is 4.06. The van der Waals surface area contributed by atoms with Crippen molar-refractivity contribution in [1.82, 2.24) is 4.90 Å². The summed E-state index contributed by atoms with van der Waals surface area (Å²) in [7, 11) is 3.68. The first-order valence-corrected chi connectivity index (χ1v) is 7.03. The number of methoxy groups -OCH3 is 1. The number of benzene rings is 1. The fraction of sp³-hybridized carbons (Fsp3) is 0.562. The van der Waals surface area contributed by atoms with E-state index < -0.39 is 0 Å². The number of ether oxygens (including phenoxy) is 1. The summed E-state index contributed by atoms with van der Waals surface area (Å²) in [5.74, 6) is 1.59. The third-order valence-electron chi connectivity index (χ3n) is 3.82. The van der Waals surface area contributed by atoms with Gasteiger partial charge in [0.05, 0.1) is 13.7 Å². The molecule has 3 heteroatoms. The van der Waals surface area contributed by atoms with Crippen LogP contribution in [0.1, 0.15) is 31.2 Å². The third-order valence-corrected chi connectivity index (χ3v) is 3.82. The van der Waals surface area contributed by atoms with Gasteiger partial charge in [0, 0.05) is 12.5 Å². The topological polar surface area (TPSA) is 29.5 Å². The molecule has 1 fully saturated rings. The molecule has 3 nitrogen and oxygen atoms in total. The highest BCUT2D eigenvalue weighted by atomic mass is 16.5. The zero-order valence-corrected chi connectivity index (χ0v) is 11.9. The van der Waals surface area contributed by atoms with Crippen molar-refractivity contribution in [3.63, 3.8) is 0 Å². The van der Waals surface area contributed by atoms with Gasteiger partial charge in [-0.3, -0.25) is 9.69 Å². The van der Waals surface area contributed by atoms with E-state index in [0.29, 0.717) is 18.2 Å². The number of carbonyl (C=O) groups is 1. The fourth-order valence-electron chi connectivity index (χ4n) is 2.78. The normalized spacial score (nSPS) is 15.9. The van der Waals surface area contributed by atoms with Crippen molar-refractivity contribution in [3.8, 4) is 5.75 Å². The van der Waals surface area contributed by atoms with Crippen molar-refractivity contribution < 1.29 is 9.53 Å². The minimum Gasteiger partial charge on any atom is -0.497 e. The van der Waals surface area contributed by atoms with E-state index >= 15 is 0 Å². The molecule has 1 aliphatic carbocycles. The number of likely N-dealkylation sites (N-methyl/N-ethyl adjacent to an activating group) is 1. The van der Waals surface area contributed by atoms with Crippen LogP contribution in [0.4, 0.5) is 0 Å². The second kappa shape index (κ2) is 6.71. The van der Waals surface area contributed by atoms with Crippen molar-refractivity contribution in [2.75, 3.05) is 20.7 Å². The molecule has 1 aromatic carbocycles. The maximum atomic E-state index is 12.1. The Labute approximate surface area is 115 Å². The molecular weight excluding hydrogens is 238 g/mol. The van der Waals surface area contributed by atoms with Crippen LogP contribution in [0.2, 0.25) is 0 Å². The Kier molecular flexibility index (Phi) is 4.97. The fourth-order valence-corrected chi connectivity index (χ4v) is 2.78. The van der Waals surface area contributed by atoms with E-state index in [1.165, 1.54) is 18.4 Å². The van der Waals surface area contributed by atoms with Gasteiger partial charge in [0.25, 0.3) is 0 Å². The smallest absolute Gasteiger partial charge is 0.149 e. The SMILES string of the molecule is COc1cccc(CN(C)CC(=O)C2CCCC2)c1. The quantitative estimate of drug-likeness (QED) is 0.788. The molecule has 104 valence electrons. The monoisotopic (exact) mass is 261 g/mol. The van der Waals surface area contributed by atoms with Crippen LogP contribution in [0.5, 0.6) is 5.75 Å². The molecular formula is C16H23NO2. The molecule has 1 aromatic rings. The maximum absolute atomic E-state index is 12.1. The van der Waals surface area contributed by atoms with Crippen LogP contribution in [0.25, 0.3) is 0 Å². The minimum atomic E-state index is 0.313. The molecule has 19 heavy (non-hydrogen) atoms. The molecule has 0 saturated heterocycles. The summed E-state index contributed by atoms with van der Waals surface area (Å²) in [5, 5.41) is 0. The highest BCUT2D eigenvalue weighted by Gasteiger charge is 2.23. The lowest BCUT2D eigenvalue weighted by Gasteiger charge is -2.18. The Morgan fingerprint density at radius 2 is 2.11 bits per heavy atom. The number of nitrogens with zero attached hydrogens (tertiary/aromatic N) is 1. The van der Waals surface area contributed by atoms with E-state index in [0.717, 1.165) is 25.1 Å². The predicted octanol–water partition coefficient (Wildman–Crippen LogP) is 2.89.